The van der Waals surface area contributed by atoms with Gasteiger partial charge in [-0.1, -0.05) is 25.5 Å². The predicted octanol–water partition coefficient (Wildman–Crippen LogP) is 3.63. The molecular formula is C23H25NO6. The second kappa shape index (κ2) is 8.90. The molecule has 0 aliphatic carbocycles. The van der Waals surface area contributed by atoms with Gasteiger partial charge in [0, 0.05) is 6.54 Å². The largest absolute Gasteiger partial charge is 0.508 e. The molecule has 1 saturated heterocycles. The molecule has 3 rings (SSSR count). The Labute approximate surface area is 175 Å². The number of phenolic OH excluding ortho intramolecular Hbond substituents is 1. The minimum Gasteiger partial charge on any atom is -0.508 e. The number of carbonyl (C=O) groups excluding carboxylic acids is 2. The van der Waals surface area contributed by atoms with Crippen molar-refractivity contribution in [1.82, 2.24) is 4.90 Å². The monoisotopic (exact) mass is 411 g/mol. The van der Waals surface area contributed by atoms with E-state index in [-0.39, 0.29) is 22.6 Å². The van der Waals surface area contributed by atoms with Crippen molar-refractivity contribution in [3.8, 4) is 17.2 Å². The summed E-state index contributed by atoms with van der Waals surface area (Å²) in [5.74, 6) is -1.000. The number of aliphatic hydroxyl groups excluding tert-OH is 1. The van der Waals surface area contributed by atoms with Crippen molar-refractivity contribution in [2.75, 3.05) is 20.8 Å². The average molecular weight is 411 g/mol. The zero-order chi connectivity index (χ0) is 21.8. The molecular weight excluding hydrogens is 386 g/mol. The number of aromatic hydroxyl groups is 1. The molecule has 2 aromatic rings. The molecule has 7 heteroatoms. The number of aliphatic hydroxyl groups is 1. The summed E-state index contributed by atoms with van der Waals surface area (Å²) in [7, 11) is 2.94. The number of Topliss-reactive ketones (excluding diaryl/α,β-unsaturated/α-hetero) is 1. The van der Waals surface area contributed by atoms with Gasteiger partial charge in [0.1, 0.15) is 23.0 Å². The molecule has 1 heterocycles. The van der Waals surface area contributed by atoms with Gasteiger partial charge in [-0.3, -0.25) is 9.59 Å². The van der Waals surface area contributed by atoms with Crippen molar-refractivity contribution in [2.45, 2.75) is 25.8 Å². The lowest BCUT2D eigenvalue weighted by Gasteiger charge is -2.25. The molecule has 1 aliphatic heterocycles. The highest BCUT2D eigenvalue weighted by atomic mass is 16.5. The van der Waals surface area contributed by atoms with Gasteiger partial charge < -0.3 is 24.6 Å². The Bertz CT molecular complexity index is 997. The molecule has 30 heavy (non-hydrogen) atoms. The summed E-state index contributed by atoms with van der Waals surface area (Å²) in [4.78, 5) is 27.2. The SMILES string of the molecule is CCCCN1C(=O)C(=O)/C(=C(/O)c2cc(OC)ccc2OC)C1c1cccc(O)c1. The Morgan fingerprint density at radius 1 is 1.10 bits per heavy atom. The van der Waals surface area contributed by atoms with E-state index >= 15 is 0 Å². The zero-order valence-corrected chi connectivity index (χ0v) is 17.2. The molecule has 158 valence electrons. The molecule has 0 bridgehead atoms. The van der Waals surface area contributed by atoms with Gasteiger partial charge >= 0.3 is 0 Å². The minimum atomic E-state index is -0.820. The first kappa shape index (κ1) is 21.2. The fourth-order valence-electron chi connectivity index (χ4n) is 3.62. The Hall–Kier alpha value is -3.48. The van der Waals surface area contributed by atoms with Gasteiger partial charge in [0.05, 0.1) is 31.4 Å². The van der Waals surface area contributed by atoms with Crippen molar-refractivity contribution in [1.29, 1.82) is 0 Å². The van der Waals surface area contributed by atoms with Crippen LogP contribution >= 0.6 is 0 Å². The lowest BCUT2D eigenvalue weighted by atomic mass is 9.94. The van der Waals surface area contributed by atoms with E-state index < -0.39 is 17.7 Å². The smallest absolute Gasteiger partial charge is 0.295 e. The molecule has 7 nitrogen and oxygen atoms in total. The molecule has 2 N–H and O–H groups in total. The normalized spacial score (nSPS) is 18.0. The first-order chi connectivity index (χ1) is 14.4. The Kier molecular flexibility index (Phi) is 6.30. The molecule has 0 radical (unpaired) electrons. The van der Waals surface area contributed by atoms with Gasteiger partial charge in [-0.05, 0) is 42.3 Å². The van der Waals surface area contributed by atoms with Crippen molar-refractivity contribution >= 4 is 17.4 Å². The highest BCUT2D eigenvalue weighted by molar-refractivity contribution is 6.46. The van der Waals surface area contributed by atoms with Crippen LogP contribution in [-0.2, 0) is 9.59 Å². The molecule has 0 aromatic heterocycles. The van der Waals surface area contributed by atoms with Gasteiger partial charge in [0.15, 0.2) is 0 Å². The lowest BCUT2D eigenvalue weighted by Crippen LogP contribution is -2.30. The maximum absolute atomic E-state index is 13.0. The number of carbonyl (C=O) groups is 2. The summed E-state index contributed by atoms with van der Waals surface area (Å²) >= 11 is 0. The van der Waals surface area contributed by atoms with Gasteiger partial charge in [0.25, 0.3) is 11.7 Å². The third-order valence-electron chi connectivity index (χ3n) is 5.14. The third-order valence-corrected chi connectivity index (χ3v) is 5.14. The van der Waals surface area contributed by atoms with Crippen molar-refractivity contribution in [3.05, 3.63) is 59.2 Å². The van der Waals surface area contributed by atoms with E-state index in [9.17, 15) is 19.8 Å². The Morgan fingerprint density at radius 2 is 1.87 bits per heavy atom. The maximum Gasteiger partial charge on any atom is 0.295 e. The van der Waals surface area contributed by atoms with Crippen molar-refractivity contribution < 1.29 is 29.3 Å². The van der Waals surface area contributed by atoms with E-state index in [0.29, 0.717) is 30.0 Å². The Balaban J connectivity index is 2.23. The fraction of sp³-hybridized carbons (Fsp3) is 0.304. The quantitative estimate of drug-likeness (QED) is 0.410. The minimum absolute atomic E-state index is 0.00698. The number of hydrogen-bond donors (Lipinski definition) is 2. The first-order valence-corrected chi connectivity index (χ1v) is 9.72. The maximum atomic E-state index is 13.0. The first-order valence-electron chi connectivity index (χ1n) is 9.72. The third kappa shape index (κ3) is 3.83. The highest BCUT2D eigenvalue weighted by Crippen LogP contribution is 2.42. The number of unbranched alkanes of at least 4 members (excludes halogenated alkanes) is 1. The van der Waals surface area contributed by atoms with Crippen molar-refractivity contribution in [3.63, 3.8) is 0 Å². The number of methoxy groups -OCH3 is 2. The lowest BCUT2D eigenvalue weighted by molar-refractivity contribution is -0.139. The molecule has 0 saturated carbocycles. The van der Waals surface area contributed by atoms with Crippen LogP contribution in [0.5, 0.6) is 17.2 Å². The van der Waals surface area contributed by atoms with Crippen molar-refractivity contribution in [2.24, 2.45) is 0 Å². The van der Waals surface area contributed by atoms with E-state index in [4.69, 9.17) is 9.47 Å². The number of hydrogen-bond acceptors (Lipinski definition) is 6. The van der Waals surface area contributed by atoms with Gasteiger partial charge in [-0.2, -0.15) is 0 Å². The van der Waals surface area contributed by atoms with Crippen LogP contribution in [0.1, 0.15) is 36.9 Å². The zero-order valence-electron chi connectivity index (χ0n) is 17.2. The summed E-state index contributed by atoms with van der Waals surface area (Å²) < 4.78 is 10.6. The van der Waals surface area contributed by atoms with Crippen LogP contribution in [0.3, 0.4) is 0 Å². The fourth-order valence-corrected chi connectivity index (χ4v) is 3.62. The summed E-state index contributed by atoms with van der Waals surface area (Å²) in [6.45, 7) is 2.34. The number of nitrogens with zero attached hydrogens (tertiary/aromatic N) is 1. The number of ether oxygens (including phenoxy) is 2. The molecule has 0 spiro atoms. The van der Waals surface area contributed by atoms with E-state index in [1.165, 1.54) is 31.3 Å². The van der Waals surface area contributed by atoms with Crippen LogP contribution in [0.15, 0.2) is 48.0 Å². The van der Waals surface area contributed by atoms with E-state index in [2.05, 4.69) is 0 Å². The van der Waals surface area contributed by atoms with E-state index in [1.54, 1.807) is 30.3 Å². The summed E-state index contributed by atoms with van der Waals surface area (Å²) in [5, 5.41) is 21.1. The summed E-state index contributed by atoms with van der Waals surface area (Å²) in [6.07, 6.45) is 1.53. The number of rotatable bonds is 7. The van der Waals surface area contributed by atoms with Gasteiger partial charge in [-0.15, -0.1) is 0 Å². The molecule has 1 amide bonds. The van der Waals surface area contributed by atoms with Crippen LogP contribution in [0.4, 0.5) is 0 Å². The van der Waals surface area contributed by atoms with Crippen LogP contribution < -0.4 is 9.47 Å². The molecule has 1 unspecified atom stereocenters. The number of likely N-dealkylation sites (tertiary alicyclic amines) is 1. The summed E-state index contributed by atoms with van der Waals surface area (Å²) in [5.41, 5.74) is 0.734. The average Bonchev–Trinajstić information content (AvgIpc) is 3.01. The highest BCUT2D eigenvalue weighted by Gasteiger charge is 2.46. The standard InChI is InChI=1S/C23H25NO6/c1-4-5-11-24-20(14-7-6-8-15(25)12-14)19(22(27)23(24)28)21(26)17-13-16(29-2)9-10-18(17)30-3/h6-10,12-13,20,25-26H,4-5,11H2,1-3H3/b21-19+. The molecule has 1 fully saturated rings. The molecule has 1 atom stereocenters. The Morgan fingerprint density at radius 3 is 2.50 bits per heavy atom. The van der Waals surface area contributed by atoms with E-state index in [1.807, 2.05) is 6.92 Å². The second-order valence-electron chi connectivity index (χ2n) is 7.01. The predicted molar refractivity (Wildman–Crippen MR) is 112 cm³/mol. The number of amides is 1. The van der Waals surface area contributed by atoms with Gasteiger partial charge in [-0.25, -0.2) is 0 Å². The van der Waals surface area contributed by atoms with E-state index in [0.717, 1.165) is 6.42 Å². The van der Waals surface area contributed by atoms with Gasteiger partial charge in [0.2, 0.25) is 0 Å². The topological polar surface area (TPSA) is 96.3 Å². The molecule has 2 aromatic carbocycles. The van der Waals surface area contributed by atoms with Crippen LogP contribution in [0.25, 0.3) is 5.76 Å². The number of phenols is 1. The molecule has 1 aliphatic rings. The summed E-state index contributed by atoms with van der Waals surface area (Å²) in [6, 6.07) is 10.4. The number of ketones is 1. The number of benzene rings is 2. The van der Waals surface area contributed by atoms with Crippen LogP contribution in [0, 0.1) is 0 Å². The second-order valence-corrected chi connectivity index (χ2v) is 7.01. The van der Waals surface area contributed by atoms with Crippen LogP contribution in [-0.4, -0.2) is 47.6 Å². The van der Waals surface area contributed by atoms with Crippen LogP contribution in [0.2, 0.25) is 0 Å².